The molecule has 0 saturated heterocycles. The van der Waals surface area contributed by atoms with E-state index in [0.29, 0.717) is 15.7 Å². The molecule has 0 aliphatic heterocycles. The number of nitrogen functional groups attached to an aromatic ring is 1. The number of halogens is 2. The third-order valence-corrected chi connectivity index (χ3v) is 3.74. The molecule has 0 radical (unpaired) electrons. The van der Waals surface area contributed by atoms with Gasteiger partial charge in [-0.3, -0.25) is 4.79 Å². The molecule has 0 saturated carbocycles. The molecule has 0 unspecified atom stereocenters. The number of hydrogen-bond acceptors (Lipinski definition) is 2. The number of anilines is 2. The van der Waals surface area contributed by atoms with Gasteiger partial charge in [0.25, 0.3) is 5.91 Å². The van der Waals surface area contributed by atoms with Crippen LogP contribution in [-0.2, 0) is 0 Å². The van der Waals surface area contributed by atoms with Crippen molar-refractivity contribution in [2.24, 2.45) is 0 Å². The highest BCUT2D eigenvalue weighted by molar-refractivity contribution is 9.11. The average molecular weight is 370 g/mol. The Morgan fingerprint density at radius 2 is 1.78 bits per heavy atom. The number of nitrogens with one attached hydrogen (secondary N) is 1. The fraction of sp³-hybridized carbons (Fsp3) is 0. The molecule has 0 aliphatic carbocycles. The number of nitrogens with two attached hydrogens (primary N) is 1. The zero-order valence-electron chi connectivity index (χ0n) is 9.28. The van der Waals surface area contributed by atoms with Crippen LogP contribution in [0.3, 0.4) is 0 Å². The van der Waals surface area contributed by atoms with Crippen molar-refractivity contribution in [3.05, 3.63) is 57.0 Å². The Morgan fingerprint density at radius 3 is 2.50 bits per heavy atom. The normalized spacial score (nSPS) is 10.1. The van der Waals surface area contributed by atoms with Crippen molar-refractivity contribution in [2.45, 2.75) is 0 Å². The number of rotatable bonds is 2. The highest BCUT2D eigenvalue weighted by atomic mass is 79.9. The fourth-order valence-corrected chi connectivity index (χ4v) is 2.28. The third-order valence-electron chi connectivity index (χ3n) is 2.36. The first kappa shape index (κ1) is 13.1. The van der Waals surface area contributed by atoms with Crippen LogP contribution in [0.1, 0.15) is 10.4 Å². The van der Waals surface area contributed by atoms with E-state index in [-0.39, 0.29) is 5.91 Å². The SMILES string of the molecule is Nc1ccc(Br)c(C(=O)Nc2ccccc2Br)c1. The van der Waals surface area contributed by atoms with Crippen molar-refractivity contribution in [3.63, 3.8) is 0 Å². The van der Waals surface area contributed by atoms with Crippen LogP contribution < -0.4 is 11.1 Å². The maximum absolute atomic E-state index is 12.1. The van der Waals surface area contributed by atoms with Gasteiger partial charge in [0.05, 0.1) is 11.3 Å². The lowest BCUT2D eigenvalue weighted by Crippen LogP contribution is -2.13. The van der Waals surface area contributed by atoms with E-state index in [4.69, 9.17) is 5.73 Å². The lowest BCUT2D eigenvalue weighted by Gasteiger charge is -2.09. The van der Waals surface area contributed by atoms with Crippen LogP contribution in [0.15, 0.2) is 51.4 Å². The Morgan fingerprint density at radius 1 is 1.06 bits per heavy atom. The van der Waals surface area contributed by atoms with Crippen LogP contribution in [0.25, 0.3) is 0 Å². The molecular weight excluding hydrogens is 360 g/mol. The van der Waals surface area contributed by atoms with Gasteiger partial charge in [0.15, 0.2) is 0 Å². The third kappa shape index (κ3) is 2.91. The zero-order chi connectivity index (χ0) is 13.1. The Labute approximate surface area is 122 Å². The molecule has 0 heterocycles. The summed E-state index contributed by atoms with van der Waals surface area (Å²) in [6, 6.07) is 12.6. The zero-order valence-corrected chi connectivity index (χ0v) is 12.5. The van der Waals surface area contributed by atoms with E-state index in [0.717, 1.165) is 10.2 Å². The predicted molar refractivity (Wildman–Crippen MR) is 80.6 cm³/mol. The van der Waals surface area contributed by atoms with Gasteiger partial charge in [-0.2, -0.15) is 0 Å². The van der Waals surface area contributed by atoms with Crippen LogP contribution in [0.2, 0.25) is 0 Å². The Hall–Kier alpha value is -1.33. The van der Waals surface area contributed by atoms with Crippen LogP contribution in [0, 0.1) is 0 Å². The second kappa shape index (κ2) is 5.54. The summed E-state index contributed by atoms with van der Waals surface area (Å²) in [7, 11) is 0. The Bertz CT molecular complexity index is 599. The predicted octanol–water partition coefficient (Wildman–Crippen LogP) is 4.05. The van der Waals surface area contributed by atoms with Crippen LogP contribution in [0.4, 0.5) is 11.4 Å². The van der Waals surface area contributed by atoms with Crippen molar-refractivity contribution in [2.75, 3.05) is 11.1 Å². The minimum absolute atomic E-state index is 0.207. The molecule has 18 heavy (non-hydrogen) atoms. The number of carbonyl (C=O) groups excluding carboxylic acids is 1. The summed E-state index contributed by atoms with van der Waals surface area (Å²) < 4.78 is 1.54. The number of para-hydroxylation sites is 1. The van der Waals surface area contributed by atoms with E-state index in [1.807, 2.05) is 24.3 Å². The van der Waals surface area contributed by atoms with E-state index in [9.17, 15) is 4.79 Å². The summed E-state index contributed by atoms with van der Waals surface area (Å²) in [5.74, 6) is -0.207. The number of amides is 1. The number of benzene rings is 2. The summed E-state index contributed by atoms with van der Waals surface area (Å²) in [4.78, 5) is 12.1. The first-order valence-electron chi connectivity index (χ1n) is 5.19. The smallest absolute Gasteiger partial charge is 0.256 e. The Kier molecular flexibility index (Phi) is 4.04. The second-order valence-electron chi connectivity index (χ2n) is 3.67. The molecule has 0 bridgehead atoms. The molecule has 0 aromatic heterocycles. The lowest BCUT2D eigenvalue weighted by molar-refractivity contribution is 0.102. The molecule has 92 valence electrons. The fourth-order valence-electron chi connectivity index (χ4n) is 1.47. The summed E-state index contributed by atoms with van der Waals surface area (Å²) in [5, 5.41) is 2.82. The first-order valence-corrected chi connectivity index (χ1v) is 6.77. The van der Waals surface area contributed by atoms with Crippen molar-refractivity contribution in [1.29, 1.82) is 0 Å². The maximum atomic E-state index is 12.1. The van der Waals surface area contributed by atoms with Crippen molar-refractivity contribution in [1.82, 2.24) is 0 Å². The molecule has 0 fully saturated rings. The van der Waals surface area contributed by atoms with Crippen LogP contribution in [0.5, 0.6) is 0 Å². The van der Waals surface area contributed by atoms with Gasteiger partial charge in [-0.1, -0.05) is 12.1 Å². The van der Waals surface area contributed by atoms with Crippen LogP contribution in [-0.4, -0.2) is 5.91 Å². The molecule has 1 amide bonds. The van der Waals surface area contributed by atoms with Crippen molar-refractivity contribution < 1.29 is 4.79 Å². The molecule has 0 atom stereocenters. The lowest BCUT2D eigenvalue weighted by atomic mass is 10.2. The molecule has 0 spiro atoms. The molecular formula is C13H10Br2N2O. The molecule has 0 aliphatic rings. The maximum Gasteiger partial charge on any atom is 0.256 e. The first-order chi connectivity index (χ1) is 8.58. The van der Waals surface area contributed by atoms with Gasteiger partial charge in [-0.05, 0) is 62.2 Å². The van der Waals surface area contributed by atoms with Gasteiger partial charge in [0.2, 0.25) is 0 Å². The van der Waals surface area contributed by atoms with Crippen molar-refractivity contribution >= 4 is 49.1 Å². The van der Waals surface area contributed by atoms with Gasteiger partial charge in [0.1, 0.15) is 0 Å². The second-order valence-corrected chi connectivity index (χ2v) is 5.38. The summed E-state index contributed by atoms with van der Waals surface area (Å²) >= 11 is 6.71. The molecule has 2 aromatic rings. The Balaban J connectivity index is 2.28. The van der Waals surface area contributed by atoms with E-state index in [2.05, 4.69) is 37.2 Å². The molecule has 5 heteroatoms. The highest BCUT2D eigenvalue weighted by Crippen LogP contribution is 2.24. The quantitative estimate of drug-likeness (QED) is 0.784. The monoisotopic (exact) mass is 368 g/mol. The molecule has 2 rings (SSSR count). The van der Waals surface area contributed by atoms with Gasteiger partial charge in [-0.15, -0.1) is 0 Å². The van der Waals surface area contributed by atoms with E-state index in [1.54, 1.807) is 18.2 Å². The van der Waals surface area contributed by atoms with Gasteiger partial charge < -0.3 is 11.1 Å². The largest absolute Gasteiger partial charge is 0.399 e. The average Bonchev–Trinajstić information content (AvgIpc) is 2.35. The molecule has 3 N–H and O–H groups in total. The standard InChI is InChI=1S/C13H10Br2N2O/c14-10-6-5-8(16)7-9(10)13(18)17-12-4-2-1-3-11(12)15/h1-7H,16H2,(H,17,18). The van der Waals surface area contributed by atoms with Gasteiger partial charge in [-0.25, -0.2) is 0 Å². The van der Waals surface area contributed by atoms with Crippen LogP contribution >= 0.6 is 31.9 Å². The topological polar surface area (TPSA) is 55.1 Å². The molecule has 3 nitrogen and oxygen atoms in total. The minimum atomic E-state index is -0.207. The summed E-state index contributed by atoms with van der Waals surface area (Å²) in [5.41, 5.74) is 7.45. The van der Waals surface area contributed by atoms with Crippen molar-refractivity contribution in [3.8, 4) is 0 Å². The summed E-state index contributed by atoms with van der Waals surface area (Å²) in [6.07, 6.45) is 0. The van der Waals surface area contributed by atoms with Gasteiger partial charge in [0, 0.05) is 14.6 Å². The van der Waals surface area contributed by atoms with E-state index in [1.165, 1.54) is 0 Å². The van der Waals surface area contributed by atoms with Gasteiger partial charge >= 0.3 is 0 Å². The van der Waals surface area contributed by atoms with E-state index >= 15 is 0 Å². The number of hydrogen-bond donors (Lipinski definition) is 2. The molecule has 2 aromatic carbocycles. The highest BCUT2D eigenvalue weighted by Gasteiger charge is 2.11. The van der Waals surface area contributed by atoms with E-state index < -0.39 is 0 Å². The summed E-state index contributed by atoms with van der Waals surface area (Å²) in [6.45, 7) is 0. The minimum Gasteiger partial charge on any atom is -0.399 e. The number of carbonyl (C=O) groups is 1.